The third-order valence-electron chi connectivity index (χ3n) is 9.28. The van der Waals surface area contributed by atoms with Crippen LogP contribution in [0.5, 0.6) is 11.5 Å². The van der Waals surface area contributed by atoms with Gasteiger partial charge in [0.1, 0.15) is 0 Å². The SMILES string of the molecule is COc1cc2c(cc1OC(C)C)[C@H](c1ccc(Cl)cc1)N(c1ccc(C(C)(O)C3CN(C4CCOCC4)C3)cc1)C(=O)C2. The molecule has 3 aliphatic heterocycles. The van der Waals surface area contributed by atoms with Gasteiger partial charge in [0.25, 0.3) is 0 Å². The molecular formula is C35H41ClN2O5. The van der Waals surface area contributed by atoms with Gasteiger partial charge in [-0.1, -0.05) is 35.9 Å². The van der Waals surface area contributed by atoms with E-state index in [0.717, 1.165) is 67.1 Å². The van der Waals surface area contributed by atoms with Crippen molar-refractivity contribution in [2.75, 3.05) is 38.3 Å². The van der Waals surface area contributed by atoms with Crippen LogP contribution in [0.3, 0.4) is 0 Å². The van der Waals surface area contributed by atoms with Crippen molar-refractivity contribution in [3.05, 3.63) is 87.9 Å². The Hall–Kier alpha value is -3.10. The number of fused-ring (bicyclic) bond motifs is 1. The lowest BCUT2D eigenvalue weighted by Gasteiger charge is -2.50. The van der Waals surface area contributed by atoms with E-state index in [2.05, 4.69) is 4.90 Å². The average molecular weight is 605 g/mol. The molecule has 2 saturated heterocycles. The van der Waals surface area contributed by atoms with Gasteiger partial charge in [-0.25, -0.2) is 0 Å². The molecule has 0 bridgehead atoms. The molecule has 0 saturated carbocycles. The lowest BCUT2D eigenvalue weighted by Crippen LogP contribution is -2.59. The minimum atomic E-state index is -0.964. The fourth-order valence-electron chi connectivity index (χ4n) is 6.74. The van der Waals surface area contributed by atoms with Gasteiger partial charge in [-0.15, -0.1) is 0 Å². The summed E-state index contributed by atoms with van der Waals surface area (Å²) in [4.78, 5) is 18.2. The lowest BCUT2D eigenvalue weighted by molar-refractivity contribution is -0.118. The number of rotatable bonds is 8. The third-order valence-corrected chi connectivity index (χ3v) is 9.53. The van der Waals surface area contributed by atoms with Crippen molar-refractivity contribution < 1.29 is 24.1 Å². The van der Waals surface area contributed by atoms with Gasteiger partial charge in [0.05, 0.1) is 31.3 Å². The minimum absolute atomic E-state index is 0.0161. The number of hydrogen-bond acceptors (Lipinski definition) is 6. The molecule has 0 radical (unpaired) electrons. The van der Waals surface area contributed by atoms with Gasteiger partial charge in [-0.05, 0) is 92.3 Å². The minimum Gasteiger partial charge on any atom is -0.493 e. The monoisotopic (exact) mass is 604 g/mol. The molecule has 0 aromatic heterocycles. The molecular weight excluding hydrogens is 564 g/mol. The van der Waals surface area contributed by atoms with Crippen LogP contribution in [0.25, 0.3) is 0 Å². The number of benzene rings is 3. The molecule has 0 spiro atoms. The predicted molar refractivity (Wildman–Crippen MR) is 168 cm³/mol. The summed E-state index contributed by atoms with van der Waals surface area (Å²) in [6, 6.07) is 19.6. The number of carbonyl (C=O) groups is 1. The number of hydrogen-bond donors (Lipinski definition) is 1. The van der Waals surface area contributed by atoms with Crippen molar-refractivity contribution >= 4 is 23.2 Å². The number of aliphatic hydroxyl groups is 1. The number of ether oxygens (including phenoxy) is 3. The van der Waals surface area contributed by atoms with Gasteiger partial charge in [-0.3, -0.25) is 9.69 Å². The number of amides is 1. The lowest BCUT2D eigenvalue weighted by atomic mass is 9.77. The Morgan fingerprint density at radius 1 is 1.00 bits per heavy atom. The first-order valence-corrected chi connectivity index (χ1v) is 15.6. The number of carbonyl (C=O) groups excluding carboxylic acids is 1. The Balaban J connectivity index is 1.31. The fraction of sp³-hybridized carbons (Fsp3) is 0.457. The maximum Gasteiger partial charge on any atom is 0.232 e. The summed E-state index contributed by atoms with van der Waals surface area (Å²) in [6.07, 6.45) is 2.32. The molecule has 7 nitrogen and oxygen atoms in total. The van der Waals surface area contributed by atoms with Gasteiger partial charge in [0, 0.05) is 49.0 Å². The molecule has 2 fully saturated rings. The summed E-state index contributed by atoms with van der Waals surface area (Å²) in [5.41, 5.74) is 3.50. The van der Waals surface area contributed by atoms with E-state index in [0.29, 0.717) is 22.6 Å². The fourth-order valence-corrected chi connectivity index (χ4v) is 6.87. The highest BCUT2D eigenvalue weighted by molar-refractivity contribution is 6.30. The second-order valence-electron chi connectivity index (χ2n) is 12.5. The summed E-state index contributed by atoms with van der Waals surface area (Å²) in [5, 5.41) is 12.3. The zero-order valence-corrected chi connectivity index (χ0v) is 26.1. The van der Waals surface area contributed by atoms with E-state index in [4.69, 9.17) is 25.8 Å². The normalized spacial score (nSPS) is 21.3. The summed E-state index contributed by atoms with van der Waals surface area (Å²) in [7, 11) is 1.62. The Bertz CT molecular complexity index is 1440. The summed E-state index contributed by atoms with van der Waals surface area (Å²) in [6.45, 7) is 9.27. The van der Waals surface area contributed by atoms with E-state index in [1.165, 1.54) is 0 Å². The Kier molecular flexibility index (Phi) is 8.44. The molecule has 228 valence electrons. The van der Waals surface area contributed by atoms with Crippen molar-refractivity contribution in [1.82, 2.24) is 4.90 Å². The molecule has 2 atom stereocenters. The van der Waals surface area contributed by atoms with Gasteiger partial charge in [0.15, 0.2) is 11.5 Å². The maximum absolute atomic E-state index is 13.9. The highest BCUT2D eigenvalue weighted by Crippen LogP contribution is 2.45. The molecule has 6 rings (SSSR count). The highest BCUT2D eigenvalue weighted by Gasteiger charge is 2.44. The van der Waals surface area contributed by atoms with E-state index < -0.39 is 5.60 Å². The molecule has 3 aromatic carbocycles. The maximum atomic E-state index is 13.9. The quantitative estimate of drug-likeness (QED) is 0.333. The largest absolute Gasteiger partial charge is 0.493 e. The molecule has 1 N–H and O–H groups in total. The standard InChI is InChI=1S/C35H41ClN2O5/c1-22(2)43-32-19-30-24(17-31(32)41-4)18-33(39)38(34(30)23-5-9-27(36)10-6-23)29-11-7-25(8-12-29)35(3,40)26-20-37(21-26)28-13-15-42-16-14-28/h5-12,17,19,22,26,28,34,40H,13-16,18,20-21H2,1-4H3/t34-,35?/m0/s1. The van der Waals surface area contributed by atoms with Crippen LogP contribution < -0.4 is 14.4 Å². The Morgan fingerprint density at radius 2 is 1.67 bits per heavy atom. The van der Waals surface area contributed by atoms with Crippen LogP contribution in [-0.4, -0.2) is 61.5 Å². The number of halogens is 1. The molecule has 43 heavy (non-hydrogen) atoms. The van der Waals surface area contributed by atoms with Gasteiger partial charge in [-0.2, -0.15) is 0 Å². The van der Waals surface area contributed by atoms with E-state index in [1.54, 1.807) is 7.11 Å². The van der Waals surface area contributed by atoms with Gasteiger partial charge in [0.2, 0.25) is 5.91 Å². The predicted octanol–water partition coefficient (Wildman–Crippen LogP) is 6.13. The number of nitrogens with zero attached hydrogens (tertiary/aromatic N) is 2. The van der Waals surface area contributed by atoms with Crippen LogP contribution in [-0.2, 0) is 21.6 Å². The van der Waals surface area contributed by atoms with Crippen molar-refractivity contribution in [3.63, 3.8) is 0 Å². The number of likely N-dealkylation sites (tertiary alicyclic amines) is 1. The average Bonchev–Trinajstić information content (AvgIpc) is 2.96. The van der Waals surface area contributed by atoms with E-state index in [-0.39, 0.29) is 30.4 Å². The number of methoxy groups -OCH3 is 1. The first-order valence-electron chi connectivity index (χ1n) is 15.3. The summed E-state index contributed by atoms with van der Waals surface area (Å²) < 4.78 is 17.3. The zero-order valence-electron chi connectivity index (χ0n) is 25.4. The first-order chi connectivity index (χ1) is 20.7. The van der Waals surface area contributed by atoms with Crippen molar-refractivity contribution in [2.45, 2.75) is 63.8 Å². The van der Waals surface area contributed by atoms with Crippen molar-refractivity contribution in [3.8, 4) is 11.5 Å². The van der Waals surface area contributed by atoms with E-state index >= 15 is 0 Å². The Labute approximate surface area is 259 Å². The summed E-state index contributed by atoms with van der Waals surface area (Å²) in [5.74, 6) is 1.39. The van der Waals surface area contributed by atoms with Crippen LogP contribution in [0.2, 0.25) is 5.02 Å². The molecule has 3 heterocycles. The molecule has 3 aromatic rings. The number of anilines is 1. The molecule has 0 aliphatic carbocycles. The molecule has 8 heteroatoms. The van der Waals surface area contributed by atoms with Crippen LogP contribution in [0.4, 0.5) is 5.69 Å². The third kappa shape index (κ3) is 5.88. The second-order valence-corrected chi connectivity index (χ2v) is 12.9. The highest BCUT2D eigenvalue weighted by atomic mass is 35.5. The van der Waals surface area contributed by atoms with E-state index in [1.807, 2.05) is 86.3 Å². The van der Waals surface area contributed by atoms with Crippen LogP contribution in [0.15, 0.2) is 60.7 Å². The van der Waals surface area contributed by atoms with Crippen LogP contribution in [0, 0.1) is 5.92 Å². The Morgan fingerprint density at radius 3 is 2.30 bits per heavy atom. The van der Waals surface area contributed by atoms with Crippen molar-refractivity contribution in [2.24, 2.45) is 5.92 Å². The summed E-state index contributed by atoms with van der Waals surface area (Å²) >= 11 is 6.26. The zero-order chi connectivity index (χ0) is 30.3. The molecule has 1 unspecified atom stereocenters. The van der Waals surface area contributed by atoms with Gasteiger partial charge < -0.3 is 24.2 Å². The van der Waals surface area contributed by atoms with E-state index in [9.17, 15) is 9.90 Å². The molecule has 1 amide bonds. The topological polar surface area (TPSA) is 71.5 Å². The van der Waals surface area contributed by atoms with Crippen molar-refractivity contribution in [1.29, 1.82) is 0 Å². The second kappa shape index (κ2) is 12.1. The van der Waals surface area contributed by atoms with Gasteiger partial charge >= 0.3 is 0 Å². The molecule has 3 aliphatic rings. The first kappa shape index (κ1) is 29.9. The smallest absolute Gasteiger partial charge is 0.232 e. The van der Waals surface area contributed by atoms with Crippen LogP contribution >= 0.6 is 11.6 Å². The van der Waals surface area contributed by atoms with Crippen LogP contribution in [0.1, 0.15) is 61.9 Å².